The first-order valence-corrected chi connectivity index (χ1v) is 16.3. The van der Waals surface area contributed by atoms with Crippen molar-refractivity contribution in [1.29, 1.82) is 0 Å². The summed E-state index contributed by atoms with van der Waals surface area (Å²) in [5.74, 6) is 0.479. The van der Waals surface area contributed by atoms with Crippen LogP contribution in [0.15, 0.2) is 131 Å². The van der Waals surface area contributed by atoms with Gasteiger partial charge >= 0.3 is 0 Å². The Labute approximate surface area is 250 Å². The van der Waals surface area contributed by atoms with E-state index < -0.39 is 20.0 Å². The molecule has 2 heterocycles. The average Bonchev–Trinajstić information content (AvgIpc) is 3.63. The zero-order valence-electron chi connectivity index (χ0n) is 23.6. The van der Waals surface area contributed by atoms with E-state index in [1.807, 2.05) is 49.3 Å². The molecule has 6 rings (SSSR count). The maximum Gasteiger partial charge on any atom is 0.268 e. The molecule has 0 aliphatic heterocycles. The number of aromatic nitrogens is 2. The van der Waals surface area contributed by atoms with Gasteiger partial charge in [0.05, 0.1) is 20.8 Å². The molecule has 11 heteroatoms. The third kappa shape index (κ3) is 6.43. The number of likely N-dealkylation sites (N-methyl/N-ethyl adjacent to an activating group) is 1. The highest BCUT2D eigenvalue weighted by Crippen LogP contribution is 2.25. The van der Waals surface area contributed by atoms with E-state index in [1.54, 1.807) is 60.8 Å². The number of rotatable bonds is 8. The van der Waals surface area contributed by atoms with Crippen molar-refractivity contribution in [2.45, 2.75) is 9.79 Å². The van der Waals surface area contributed by atoms with Gasteiger partial charge in [-0.2, -0.15) is 0 Å². The number of nitrogens with zero attached hydrogens (tertiary/aromatic N) is 3. The Hall–Kier alpha value is -4.58. The molecular formula is C32H31N3O6S2. The summed E-state index contributed by atoms with van der Waals surface area (Å²) >= 11 is 0. The number of phenols is 1. The first-order valence-electron chi connectivity index (χ1n) is 13.4. The third-order valence-electron chi connectivity index (χ3n) is 6.67. The van der Waals surface area contributed by atoms with Crippen LogP contribution in [0.4, 0.5) is 0 Å². The SMILES string of the molecule is CN(C)CCOc1cccc(S(=O)(=O)n2ccc3ccccc32)c1.O=S(=O)(c1cccc(O)c1)n1ccc2ccccc21. The number of hydrogen-bond donors (Lipinski definition) is 1. The molecular weight excluding hydrogens is 587 g/mol. The Morgan fingerprint density at radius 1 is 0.651 bits per heavy atom. The fourth-order valence-electron chi connectivity index (χ4n) is 4.48. The highest BCUT2D eigenvalue weighted by atomic mass is 32.2. The number of ether oxygens (including phenoxy) is 1. The molecule has 43 heavy (non-hydrogen) atoms. The number of phenolic OH excluding ortho intramolecular Hbond substituents is 1. The van der Waals surface area contributed by atoms with Crippen LogP contribution in [0, 0.1) is 0 Å². The van der Waals surface area contributed by atoms with Crippen LogP contribution in [0.25, 0.3) is 21.8 Å². The lowest BCUT2D eigenvalue weighted by Crippen LogP contribution is -2.19. The summed E-state index contributed by atoms with van der Waals surface area (Å²) in [6.45, 7) is 1.27. The first-order chi connectivity index (χ1) is 20.6. The van der Waals surface area contributed by atoms with Crippen LogP contribution >= 0.6 is 0 Å². The van der Waals surface area contributed by atoms with Crippen LogP contribution in [0.5, 0.6) is 11.5 Å². The molecule has 0 atom stereocenters. The maximum absolute atomic E-state index is 12.9. The minimum absolute atomic E-state index is 0.0638. The molecule has 0 saturated heterocycles. The van der Waals surface area contributed by atoms with Gasteiger partial charge in [-0.3, -0.25) is 0 Å². The summed E-state index contributed by atoms with van der Waals surface area (Å²) in [4.78, 5) is 2.28. The van der Waals surface area contributed by atoms with Crippen molar-refractivity contribution in [1.82, 2.24) is 12.8 Å². The van der Waals surface area contributed by atoms with E-state index in [2.05, 4.69) is 0 Å². The second-order valence-electron chi connectivity index (χ2n) is 9.97. The van der Waals surface area contributed by atoms with Gasteiger partial charge in [0.1, 0.15) is 18.1 Å². The summed E-state index contributed by atoms with van der Waals surface area (Å²) in [5.41, 5.74) is 1.28. The molecule has 0 radical (unpaired) electrons. The standard InChI is InChI=1S/C18H20N2O3S.C14H11NO3S/c1-19(2)12-13-23-16-7-5-8-17(14-16)24(21,22)20-11-10-15-6-3-4-9-18(15)20;16-12-5-3-6-13(10-12)19(17,18)15-9-8-11-4-1-2-7-14(11)15/h3-11,14H,12-13H2,1-2H3;1-10,16H. The summed E-state index contributed by atoms with van der Waals surface area (Å²) in [6, 6.07) is 30.5. The molecule has 0 spiro atoms. The van der Waals surface area contributed by atoms with E-state index in [9.17, 15) is 21.9 Å². The third-order valence-corrected chi connectivity index (χ3v) is 10.0. The van der Waals surface area contributed by atoms with E-state index in [1.165, 1.54) is 38.4 Å². The van der Waals surface area contributed by atoms with E-state index in [-0.39, 0.29) is 15.5 Å². The van der Waals surface area contributed by atoms with Gasteiger partial charge < -0.3 is 14.7 Å². The average molecular weight is 618 g/mol. The number of para-hydroxylation sites is 2. The predicted molar refractivity (Wildman–Crippen MR) is 168 cm³/mol. The van der Waals surface area contributed by atoms with Crippen LogP contribution in [0.3, 0.4) is 0 Å². The molecule has 2 aromatic heterocycles. The molecule has 0 amide bonds. The van der Waals surface area contributed by atoms with Crippen molar-refractivity contribution in [3.8, 4) is 11.5 Å². The van der Waals surface area contributed by atoms with Gasteiger partial charge in [0.25, 0.3) is 20.0 Å². The van der Waals surface area contributed by atoms with Crippen LogP contribution < -0.4 is 4.74 Å². The fourth-order valence-corrected chi connectivity index (χ4v) is 7.26. The molecule has 0 unspecified atom stereocenters. The highest BCUT2D eigenvalue weighted by Gasteiger charge is 2.20. The number of fused-ring (bicyclic) bond motifs is 2. The minimum atomic E-state index is -3.69. The topological polar surface area (TPSA) is 111 Å². The van der Waals surface area contributed by atoms with Gasteiger partial charge in [0.2, 0.25) is 0 Å². The van der Waals surface area contributed by atoms with Crippen molar-refractivity contribution in [3.63, 3.8) is 0 Å². The summed E-state index contributed by atoms with van der Waals surface area (Å²) in [6.07, 6.45) is 3.10. The molecule has 9 nitrogen and oxygen atoms in total. The van der Waals surface area contributed by atoms with Gasteiger partial charge in [0.15, 0.2) is 0 Å². The van der Waals surface area contributed by atoms with Crippen LogP contribution in [0.2, 0.25) is 0 Å². The lowest BCUT2D eigenvalue weighted by atomic mass is 10.3. The fraction of sp³-hybridized carbons (Fsp3) is 0.125. The molecule has 0 bridgehead atoms. The quantitative estimate of drug-likeness (QED) is 0.243. The lowest BCUT2D eigenvalue weighted by molar-refractivity contribution is 0.261. The Kier molecular flexibility index (Phi) is 8.58. The highest BCUT2D eigenvalue weighted by molar-refractivity contribution is 7.90. The minimum Gasteiger partial charge on any atom is -0.508 e. The lowest BCUT2D eigenvalue weighted by Gasteiger charge is -2.12. The monoisotopic (exact) mass is 617 g/mol. The van der Waals surface area contributed by atoms with E-state index in [0.717, 1.165) is 17.3 Å². The Bertz CT molecular complexity index is 2100. The number of benzene rings is 4. The largest absolute Gasteiger partial charge is 0.508 e. The Balaban J connectivity index is 0.000000176. The van der Waals surface area contributed by atoms with E-state index in [4.69, 9.17) is 4.74 Å². The first kappa shape index (κ1) is 29.9. The second-order valence-corrected chi connectivity index (χ2v) is 13.6. The molecule has 0 aliphatic rings. The Morgan fingerprint density at radius 3 is 1.70 bits per heavy atom. The van der Waals surface area contributed by atoms with Crippen molar-refractivity contribution >= 4 is 41.9 Å². The molecule has 0 saturated carbocycles. The van der Waals surface area contributed by atoms with E-state index >= 15 is 0 Å². The Morgan fingerprint density at radius 2 is 1.16 bits per heavy atom. The van der Waals surface area contributed by atoms with Crippen molar-refractivity contribution < 1.29 is 26.7 Å². The maximum atomic E-state index is 12.9. The smallest absolute Gasteiger partial charge is 0.268 e. The zero-order chi connectivity index (χ0) is 30.6. The second kappa shape index (κ2) is 12.3. The number of aromatic hydroxyl groups is 1. The van der Waals surface area contributed by atoms with Crippen LogP contribution in [-0.4, -0.2) is 62.0 Å². The van der Waals surface area contributed by atoms with Crippen molar-refractivity contribution in [3.05, 3.63) is 122 Å². The molecule has 0 aliphatic carbocycles. The van der Waals surface area contributed by atoms with Gasteiger partial charge in [-0.1, -0.05) is 48.5 Å². The molecule has 1 N–H and O–H groups in total. The molecule has 4 aromatic carbocycles. The van der Waals surface area contributed by atoms with Crippen LogP contribution in [-0.2, 0) is 20.0 Å². The molecule has 0 fully saturated rings. The predicted octanol–water partition coefficient (Wildman–Crippen LogP) is 5.40. The molecule has 6 aromatic rings. The van der Waals surface area contributed by atoms with Crippen molar-refractivity contribution in [2.75, 3.05) is 27.2 Å². The van der Waals surface area contributed by atoms with Gasteiger partial charge in [-0.05, 0) is 62.6 Å². The normalized spacial score (nSPS) is 11.9. The summed E-state index contributed by atoms with van der Waals surface area (Å²) in [7, 11) is -3.43. The summed E-state index contributed by atoms with van der Waals surface area (Å²) in [5, 5.41) is 11.2. The van der Waals surface area contributed by atoms with E-state index in [0.29, 0.717) is 23.4 Å². The van der Waals surface area contributed by atoms with Crippen molar-refractivity contribution in [2.24, 2.45) is 0 Å². The summed E-state index contributed by atoms with van der Waals surface area (Å²) < 4.78 is 59.1. The van der Waals surface area contributed by atoms with Gasteiger partial charge in [0, 0.05) is 41.8 Å². The molecule has 222 valence electrons. The zero-order valence-corrected chi connectivity index (χ0v) is 25.2. The van der Waals surface area contributed by atoms with Crippen LogP contribution in [0.1, 0.15) is 0 Å². The van der Waals surface area contributed by atoms with Gasteiger partial charge in [-0.25, -0.2) is 24.8 Å². The number of hydrogen-bond acceptors (Lipinski definition) is 7. The van der Waals surface area contributed by atoms with Gasteiger partial charge in [-0.15, -0.1) is 0 Å².